The van der Waals surface area contributed by atoms with Crippen LogP contribution in [0.25, 0.3) is 0 Å². The first-order valence-corrected chi connectivity index (χ1v) is 0. The fourth-order valence-corrected chi connectivity index (χ4v) is 0. The Bertz CT molecular complexity index is 4.85. The van der Waals surface area contributed by atoms with E-state index >= 15 is 0 Å². The minimum absolute atomic E-state index is 0. The zero-order valence-corrected chi connectivity index (χ0v) is 1.00. The standard InChI is InChI=1S/3Al.2H2O.9H/h;;;2*1H2;;;;;;;;;. The molecule has 0 aliphatic carbocycles. The molecule has 0 spiro atoms. The van der Waals surface area contributed by atoms with Crippen molar-refractivity contribution in [1.82, 2.24) is 0 Å². The SMILES string of the molecule is O.O.[AlH3].[AlH3].[AlH3]. The normalized spacial score (nSPS) is 0. The molecule has 0 rings (SSSR count). The van der Waals surface area contributed by atoms with E-state index in [1.807, 2.05) is 0 Å². The lowest BCUT2D eigenvalue weighted by atomic mass is 16.0. The predicted octanol–water partition coefficient (Wildman–Crippen LogP) is -5.20. The van der Waals surface area contributed by atoms with Gasteiger partial charge in [-0.05, 0) is 0 Å². The Morgan fingerprint density at radius 3 is 0.400 bits per heavy atom. The van der Waals surface area contributed by atoms with Gasteiger partial charge in [0, 0.05) is 0 Å². The Balaban J connectivity index is 0. The second-order valence-corrected chi connectivity index (χ2v) is 0. The third-order valence-electron chi connectivity index (χ3n) is 0. The molecule has 0 bridgehead atoms. The summed E-state index contributed by atoms with van der Waals surface area (Å²) in [6.07, 6.45) is 0. The predicted molar refractivity (Wildman–Crippen MR) is 37.0 cm³/mol. The molecule has 5 heteroatoms. The van der Waals surface area contributed by atoms with E-state index in [0.717, 1.165) is 0 Å². The maximum Gasteiger partial charge on any atom is 0.187 e. The zero-order chi connectivity index (χ0) is 0. The lowest BCUT2D eigenvalue weighted by molar-refractivity contribution is 0.823. The van der Waals surface area contributed by atoms with Crippen molar-refractivity contribution in [1.29, 1.82) is 0 Å². The summed E-state index contributed by atoms with van der Waals surface area (Å²) in [5.41, 5.74) is 0. The van der Waals surface area contributed by atoms with E-state index in [2.05, 4.69) is 0 Å². The average Bonchev–Trinajstić information content (AvgIpc) is 0. The lowest BCUT2D eigenvalue weighted by Crippen LogP contribution is -0.382. The van der Waals surface area contributed by atoms with E-state index in [-0.39, 0.29) is 63.0 Å². The van der Waals surface area contributed by atoms with Crippen LogP contribution < -0.4 is 0 Å². The van der Waals surface area contributed by atoms with E-state index in [0.29, 0.717) is 0 Å². The van der Waals surface area contributed by atoms with Gasteiger partial charge in [0.05, 0.1) is 0 Å². The van der Waals surface area contributed by atoms with Crippen molar-refractivity contribution in [3.05, 3.63) is 0 Å². The quantitative estimate of drug-likeness (QED) is 0.291. The van der Waals surface area contributed by atoms with Gasteiger partial charge in [-0.25, -0.2) is 0 Å². The molecule has 0 aliphatic rings. The minimum atomic E-state index is 0. The molecule has 0 aromatic rings. The van der Waals surface area contributed by atoms with Gasteiger partial charge in [-0.15, -0.1) is 0 Å². The summed E-state index contributed by atoms with van der Waals surface area (Å²) in [6, 6.07) is 0. The van der Waals surface area contributed by atoms with Crippen LogP contribution in [-0.4, -0.2) is 63.0 Å². The summed E-state index contributed by atoms with van der Waals surface area (Å²) < 4.78 is 0. The Hall–Kier alpha value is 1.52. The van der Waals surface area contributed by atoms with Gasteiger partial charge in [-0.3, -0.25) is 0 Å². The third-order valence-corrected chi connectivity index (χ3v) is 0. The molecule has 0 amide bonds. The molecule has 0 radical (unpaired) electrons. The Morgan fingerprint density at radius 2 is 0.400 bits per heavy atom. The molecular formula is H13Al3O2. The van der Waals surface area contributed by atoms with E-state index in [1.165, 1.54) is 0 Å². The van der Waals surface area contributed by atoms with Crippen molar-refractivity contribution in [2.45, 2.75) is 0 Å². The van der Waals surface area contributed by atoms with Crippen LogP contribution in [-0.2, 0) is 0 Å². The highest BCUT2D eigenvalue weighted by atomic mass is 27.0. The summed E-state index contributed by atoms with van der Waals surface area (Å²) in [7, 11) is 0. The van der Waals surface area contributed by atoms with Crippen LogP contribution in [0.5, 0.6) is 0 Å². The first kappa shape index (κ1) is 86.2. The van der Waals surface area contributed by atoms with Crippen molar-refractivity contribution in [2.75, 3.05) is 0 Å². The summed E-state index contributed by atoms with van der Waals surface area (Å²) in [4.78, 5) is 0. The fraction of sp³-hybridized carbons (Fsp3) is 0. The van der Waals surface area contributed by atoms with Crippen LogP contribution in [0.3, 0.4) is 0 Å². The molecule has 0 aliphatic heterocycles. The van der Waals surface area contributed by atoms with Crippen molar-refractivity contribution in [3.8, 4) is 0 Å². The van der Waals surface area contributed by atoms with Gasteiger partial charge >= 0.3 is 0 Å². The van der Waals surface area contributed by atoms with Crippen LogP contribution in [0, 0.1) is 0 Å². The van der Waals surface area contributed by atoms with Gasteiger partial charge in [0.15, 0.2) is 52.1 Å². The van der Waals surface area contributed by atoms with Gasteiger partial charge in [-0.1, -0.05) is 0 Å². The monoisotopic (exact) mass is 126 g/mol. The van der Waals surface area contributed by atoms with Crippen molar-refractivity contribution < 1.29 is 11.0 Å². The molecule has 0 saturated heterocycles. The second kappa shape index (κ2) is 48.9. The number of rotatable bonds is 0. The molecule has 0 heterocycles. The van der Waals surface area contributed by atoms with E-state index in [1.54, 1.807) is 0 Å². The van der Waals surface area contributed by atoms with Crippen LogP contribution in [0.15, 0.2) is 0 Å². The highest BCUT2D eigenvalue weighted by Crippen LogP contribution is -0.288. The van der Waals surface area contributed by atoms with E-state index < -0.39 is 0 Å². The molecule has 0 unspecified atom stereocenters. The van der Waals surface area contributed by atoms with Gasteiger partial charge in [0.2, 0.25) is 0 Å². The Labute approximate surface area is 63.0 Å². The average molecular weight is 126 g/mol. The topological polar surface area (TPSA) is 63.0 Å². The first-order chi connectivity index (χ1) is 0. The summed E-state index contributed by atoms with van der Waals surface area (Å²) >= 11 is 0. The second-order valence-electron chi connectivity index (χ2n) is 0. The van der Waals surface area contributed by atoms with Crippen LogP contribution in [0.1, 0.15) is 0 Å². The molecule has 2 nitrogen and oxygen atoms in total. The van der Waals surface area contributed by atoms with Crippen LogP contribution in [0.4, 0.5) is 0 Å². The summed E-state index contributed by atoms with van der Waals surface area (Å²) in [6.45, 7) is 0. The highest BCUT2D eigenvalue weighted by molar-refractivity contribution is 5.76. The molecule has 34 valence electrons. The van der Waals surface area contributed by atoms with Gasteiger partial charge in [-0.2, -0.15) is 0 Å². The maximum atomic E-state index is 0. The highest BCUT2D eigenvalue weighted by Gasteiger charge is 0.189. The Kier molecular flexibility index (Phi) is 843. The van der Waals surface area contributed by atoms with Crippen molar-refractivity contribution >= 4 is 52.1 Å². The molecule has 0 aromatic carbocycles. The van der Waals surface area contributed by atoms with Crippen molar-refractivity contribution in [3.63, 3.8) is 0 Å². The van der Waals surface area contributed by atoms with Crippen molar-refractivity contribution in [2.24, 2.45) is 0 Å². The zero-order valence-electron chi connectivity index (χ0n) is 1.00. The van der Waals surface area contributed by atoms with Gasteiger partial charge < -0.3 is 11.0 Å². The lowest BCUT2D eigenvalue weighted by Gasteiger charge is -0.413. The molecule has 0 fully saturated rings. The third kappa shape index (κ3) is 29.6. The van der Waals surface area contributed by atoms with E-state index in [9.17, 15) is 0 Å². The van der Waals surface area contributed by atoms with Crippen LogP contribution in [0.2, 0.25) is 0 Å². The van der Waals surface area contributed by atoms with E-state index in [4.69, 9.17) is 0 Å². The molecule has 0 saturated carbocycles. The number of hydrogen-bond donors (Lipinski definition) is 0. The molecule has 0 atom stereocenters. The summed E-state index contributed by atoms with van der Waals surface area (Å²) in [5.74, 6) is 0. The number of hydrogen-bond acceptors (Lipinski definition) is 0. The molecular weight excluding hydrogens is 113 g/mol. The van der Waals surface area contributed by atoms with Gasteiger partial charge in [0.1, 0.15) is 0 Å². The summed E-state index contributed by atoms with van der Waals surface area (Å²) in [5, 5.41) is 0. The molecule has 4 N–H and O–H groups in total. The van der Waals surface area contributed by atoms with Gasteiger partial charge in [0.25, 0.3) is 0 Å². The molecule has 5 heavy (non-hydrogen) atoms. The first-order valence-electron chi connectivity index (χ1n) is 0. The van der Waals surface area contributed by atoms with Crippen LogP contribution >= 0.6 is 0 Å². The fourth-order valence-electron chi connectivity index (χ4n) is 0. The molecule has 0 aromatic heterocycles. The largest absolute Gasteiger partial charge is 0.412 e. The maximum absolute atomic E-state index is 0. The minimum Gasteiger partial charge on any atom is -0.412 e. The smallest absolute Gasteiger partial charge is 0.187 e. The Morgan fingerprint density at radius 1 is 0.400 bits per heavy atom.